The number of phenolic OH excluding ortho intramolecular Hbond substituents is 1. The van der Waals surface area contributed by atoms with Gasteiger partial charge in [0, 0.05) is 0 Å². The molecule has 74 valence electrons. The van der Waals surface area contributed by atoms with Crippen LogP contribution in [-0.2, 0) is 4.79 Å². The van der Waals surface area contributed by atoms with Crippen molar-refractivity contribution in [3.05, 3.63) is 29.8 Å². The van der Waals surface area contributed by atoms with Crippen molar-refractivity contribution < 1.29 is 14.6 Å². The third kappa shape index (κ3) is 2.81. The van der Waals surface area contributed by atoms with E-state index in [0.717, 1.165) is 5.56 Å². The highest BCUT2D eigenvalue weighted by molar-refractivity contribution is 7.97. The molecule has 0 aliphatic carbocycles. The summed E-state index contributed by atoms with van der Waals surface area (Å²) in [7, 11) is 1.46. The van der Waals surface area contributed by atoms with Crippen molar-refractivity contribution >= 4 is 23.8 Å². The highest BCUT2D eigenvalue weighted by atomic mass is 32.1. The fourth-order valence-electron chi connectivity index (χ4n) is 0.965. The zero-order chi connectivity index (χ0) is 10.6. The Labute approximate surface area is 87.4 Å². The first-order valence-electron chi connectivity index (χ1n) is 3.91. The summed E-state index contributed by atoms with van der Waals surface area (Å²) in [5.74, 6) is 0.445. The van der Waals surface area contributed by atoms with E-state index in [-0.39, 0.29) is 10.9 Å². The molecule has 0 radical (unpaired) electrons. The van der Waals surface area contributed by atoms with Crippen molar-refractivity contribution in [2.75, 3.05) is 7.11 Å². The van der Waals surface area contributed by atoms with Crippen LogP contribution in [0.5, 0.6) is 11.5 Å². The monoisotopic (exact) mass is 210 g/mol. The number of carbonyl (C=O) groups excluding carboxylic acids is 1. The molecule has 1 aromatic rings. The van der Waals surface area contributed by atoms with Gasteiger partial charge in [0.25, 0.3) is 0 Å². The van der Waals surface area contributed by atoms with E-state index in [0.29, 0.717) is 5.75 Å². The molecule has 0 bridgehead atoms. The summed E-state index contributed by atoms with van der Waals surface area (Å²) in [6, 6.07) is 4.80. The first-order valence-corrected chi connectivity index (χ1v) is 4.36. The van der Waals surface area contributed by atoms with Crippen molar-refractivity contribution in [3.63, 3.8) is 0 Å². The minimum atomic E-state index is -0.322. The number of hydrogen-bond acceptors (Lipinski definition) is 3. The quantitative estimate of drug-likeness (QED) is 0.591. The number of ether oxygens (including phenoxy) is 1. The van der Waals surface area contributed by atoms with E-state index < -0.39 is 0 Å². The van der Waals surface area contributed by atoms with Crippen LogP contribution in [0.1, 0.15) is 5.56 Å². The van der Waals surface area contributed by atoms with Gasteiger partial charge in [-0.15, -0.1) is 12.6 Å². The molecule has 1 aromatic carbocycles. The van der Waals surface area contributed by atoms with Gasteiger partial charge in [-0.05, 0) is 23.8 Å². The molecule has 4 heteroatoms. The van der Waals surface area contributed by atoms with E-state index in [1.807, 2.05) is 0 Å². The van der Waals surface area contributed by atoms with Crippen LogP contribution in [0.4, 0.5) is 0 Å². The Hall–Kier alpha value is -1.42. The van der Waals surface area contributed by atoms with Gasteiger partial charge in [-0.25, -0.2) is 0 Å². The number of thiol groups is 1. The molecule has 1 N–H and O–H groups in total. The molecule has 0 atom stereocenters. The van der Waals surface area contributed by atoms with E-state index in [4.69, 9.17) is 4.74 Å². The summed E-state index contributed by atoms with van der Waals surface area (Å²) in [6.45, 7) is 0. The topological polar surface area (TPSA) is 46.5 Å². The summed E-state index contributed by atoms with van der Waals surface area (Å²) in [4.78, 5) is 10.5. The predicted molar refractivity (Wildman–Crippen MR) is 57.7 cm³/mol. The van der Waals surface area contributed by atoms with Crippen LogP contribution in [0.2, 0.25) is 0 Å². The van der Waals surface area contributed by atoms with Gasteiger partial charge in [0.05, 0.1) is 7.11 Å². The normalized spacial score (nSPS) is 10.4. The van der Waals surface area contributed by atoms with Crippen molar-refractivity contribution in [3.8, 4) is 11.5 Å². The number of hydrogen-bond donors (Lipinski definition) is 2. The standard InChI is InChI=1S/C10H10O3S/c1-13-9-6-7(2-4-8(9)11)3-5-10(12)14/h2-6,11H,1H3,(H,12,14)/b5-3+. The maximum Gasteiger partial charge on any atom is 0.209 e. The molecule has 0 fully saturated rings. The molecule has 1 rings (SSSR count). The molecule has 0 spiro atoms. The average molecular weight is 210 g/mol. The molecular weight excluding hydrogens is 200 g/mol. The Morgan fingerprint density at radius 1 is 1.57 bits per heavy atom. The maximum atomic E-state index is 10.5. The van der Waals surface area contributed by atoms with Crippen molar-refractivity contribution in [1.29, 1.82) is 0 Å². The molecule has 0 aliphatic heterocycles. The van der Waals surface area contributed by atoms with Crippen LogP contribution in [0.3, 0.4) is 0 Å². The third-order valence-corrected chi connectivity index (χ3v) is 1.77. The molecule has 0 heterocycles. The number of rotatable bonds is 3. The van der Waals surface area contributed by atoms with Gasteiger partial charge < -0.3 is 9.84 Å². The molecule has 0 aliphatic rings. The van der Waals surface area contributed by atoms with Crippen molar-refractivity contribution in [2.45, 2.75) is 0 Å². The van der Waals surface area contributed by atoms with Crippen LogP contribution in [0.25, 0.3) is 6.08 Å². The van der Waals surface area contributed by atoms with Crippen molar-refractivity contribution in [2.24, 2.45) is 0 Å². The van der Waals surface area contributed by atoms with Crippen molar-refractivity contribution in [1.82, 2.24) is 0 Å². The van der Waals surface area contributed by atoms with E-state index in [1.165, 1.54) is 19.3 Å². The van der Waals surface area contributed by atoms with E-state index >= 15 is 0 Å². The second-order valence-electron chi connectivity index (χ2n) is 2.60. The fourth-order valence-corrected chi connectivity index (χ4v) is 1.04. The summed E-state index contributed by atoms with van der Waals surface area (Å²) in [6.07, 6.45) is 2.92. The fraction of sp³-hybridized carbons (Fsp3) is 0.100. The Bertz CT molecular complexity index is 372. The first kappa shape index (κ1) is 10.7. The lowest BCUT2D eigenvalue weighted by molar-refractivity contribution is -0.106. The van der Waals surface area contributed by atoms with Gasteiger partial charge in [-0.1, -0.05) is 12.1 Å². The van der Waals surface area contributed by atoms with Gasteiger partial charge in [0.15, 0.2) is 11.5 Å². The Kier molecular flexibility index (Phi) is 3.59. The van der Waals surface area contributed by atoms with Gasteiger partial charge >= 0.3 is 0 Å². The number of aromatic hydroxyl groups is 1. The van der Waals surface area contributed by atoms with Crippen LogP contribution >= 0.6 is 12.6 Å². The van der Waals surface area contributed by atoms with Gasteiger partial charge in [-0.2, -0.15) is 0 Å². The largest absolute Gasteiger partial charge is 0.504 e. The highest BCUT2D eigenvalue weighted by Crippen LogP contribution is 2.26. The molecule has 0 saturated carbocycles. The van der Waals surface area contributed by atoms with Crippen LogP contribution < -0.4 is 4.74 Å². The smallest absolute Gasteiger partial charge is 0.209 e. The van der Waals surface area contributed by atoms with E-state index in [9.17, 15) is 9.90 Å². The molecule has 0 saturated heterocycles. The Morgan fingerprint density at radius 3 is 2.86 bits per heavy atom. The molecule has 0 unspecified atom stereocenters. The van der Waals surface area contributed by atoms with Gasteiger partial charge in [0.2, 0.25) is 5.12 Å². The number of phenols is 1. The number of benzene rings is 1. The first-order chi connectivity index (χ1) is 6.63. The van der Waals surface area contributed by atoms with E-state index in [2.05, 4.69) is 12.6 Å². The zero-order valence-electron chi connectivity index (χ0n) is 7.60. The second kappa shape index (κ2) is 4.72. The summed E-state index contributed by atoms with van der Waals surface area (Å²) >= 11 is 3.59. The lowest BCUT2D eigenvalue weighted by atomic mass is 10.2. The average Bonchev–Trinajstić information content (AvgIpc) is 2.16. The van der Waals surface area contributed by atoms with Crippen LogP contribution in [0, 0.1) is 0 Å². The summed E-state index contributed by atoms with van der Waals surface area (Å²) in [5, 5.41) is 8.96. The maximum absolute atomic E-state index is 10.5. The highest BCUT2D eigenvalue weighted by Gasteiger charge is 2.00. The number of methoxy groups -OCH3 is 1. The Balaban J connectivity index is 2.95. The molecule has 14 heavy (non-hydrogen) atoms. The van der Waals surface area contributed by atoms with E-state index in [1.54, 1.807) is 18.2 Å². The SMILES string of the molecule is COc1cc(/C=C/C(=O)S)ccc1O. The molecule has 3 nitrogen and oxygen atoms in total. The number of carbonyl (C=O) groups is 1. The second-order valence-corrected chi connectivity index (χ2v) is 3.04. The third-order valence-electron chi connectivity index (χ3n) is 1.62. The summed E-state index contributed by atoms with van der Waals surface area (Å²) in [5.41, 5.74) is 0.766. The van der Waals surface area contributed by atoms with Gasteiger partial charge in [0.1, 0.15) is 0 Å². The van der Waals surface area contributed by atoms with Gasteiger partial charge in [-0.3, -0.25) is 4.79 Å². The van der Waals surface area contributed by atoms with Crippen LogP contribution in [0.15, 0.2) is 24.3 Å². The minimum absolute atomic E-state index is 0.0712. The molecule has 0 amide bonds. The minimum Gasteiger partial charge on any atom is -0.504 e. The predicted octanol–water partition coefficient (Wildman–Crippen LogP) is 1.87. The molecule has 0 aromatic heterocycles. The van der Waals surface area contributed by atoms with Crippen LogP contribution in [-0.4, -0.2) is 17.3 Å². The Morgan fingerprint density at radius 2 is 2.29 bits per heavy atom. The lowest BCUT2D eigenvalue weighted by Gasteiger charge is -2.03. The molecular formula is C10H10O3S. The summed E-state index contributed by atoms with van der Waals surface area (Å²) < 4.78 is 4.90. The lowest BCUT2D eigenvalue weighted by Crippen LogP contribution is -1.84. The zero-order valence-corrected chi connectivity index (χ0v) is 8.49.